The Labute approximate surface area is 168 Å². The number of fused-ring (bicyclic) bond motifs is 1. The third kappa shape index (κ3) is 4.39. The van der Waals surface area contributed by atoms with Gasteiger partial charge in [0.05, 0.1) is 11.0 Å². The molecule has 3 aromatic rings. The summed E-state index contributed by atoms with van der Waals surface area (Å²) in [5, 5.41) is 12.2. The summed E-state index contributed by atoms with van der Waals surface area (Å²) in [6.07, 6.45) is 1.85. The molecular formula is C22H24N4O3. The maximum atomic E-state index is 12.6. The Morgan fingerprint density at radius 1 is 1.10 bits per heavy atom. The van der Waals surface area contributed by atoms with Crippen molar-refractivity contribution in [3.63, 3.8) is 0 Å². The Hall–Kier alpha value is -3.35. The topological polar surface area (TPSA) is 98.3 Å². The van der Waals surface area contributed by atoms with Gasteiger partial charge in [-0.2, -0.15) is 0 Å². The Morgan fingerprint density at radius 3 is 2.48 bits per heavy atom. The van der Waals surface area contributed by atoms with E-state index in [1.54, 1.807) is 4.90 Å². The summed E-state index contributed by atoms with van der Waals surface area (Å²) in [5.41, 5.74) is 2.85. The number of carboxylic acids is 1. The Bertz CT molecular complexity index is 960. The number of amides is 2. The smallest absolute Gasteiger partial charge is 0.326 e. The van der Waals surface area contributed by atoms with Crippen LogP contribution in [0.25, 0.3) is 11.0 Å². The summed E-state index contributed by atoms with van der Waals surface area (Å²) >= 11 is 0. The standard InChI is InChI=1S/C22H24N4O3/c27-21(28)19(14-15-6-2-1-3-7-15)25-22(29)26-12-10-16(11-13-26)20-23-17-8-4-5-9-18(17)24-20/h1-9,16,19H,10-14H2,(H,23,24)(H,25,29)(H,27,28)/t19-/m1/s1. The van der Waals surface area contributed by atoms with Gasteiger partial charge in [0, 0.05) is 25.4 Å². The molecule has 1 aliphatic heterocycles. The van der Waals surface area contributed by atoms with E-state index < -0.39 is 12.0 Å². The van der Waals surface area contributed by atoms with Crippen molar-refractivity contribution in [2.45, 2.75) is 31.2 Å². The van der Waals surface area contributed by atoms with Crippen LogP contribution in [0.15, 0.2) is 54.6 Å². The number of imidazole rings is 1. The van der Waals surface area contributed by atoms with Crippen molar-refractivity contribution in [3.8, 4) is 0 Å². The van der Waals surface area contributed by atoms with E-state index in [-0.39, 0.29) is 18.4 Å². The van der Waals surface area contributed by atoms with Gasteiger partial charge in [0.25, 0.3) is 0 Å². The average Bonchev–Trinajstić information content (AvgIpc) is 3.18. The minimum atomic E-state index is -1.03. The number of likely N-dealkylation sites (tertiary alicyclic amines) is 1. The van der Waals surface area contributed by atoms with Gasteiger partial charge in [-0.15, -0.1) is 0 Å². The zero-order chi connectivity index (χ0) is 20.2. The number of piperidine rings is 1. The molecule has 0 spiro atoms. The van der Waals surface area contributed by atoms with Crippen molar-refractivity contribution in [2.75, 3.05) is 13.1 Å². The quantitative estimate of drug-likeness (QED) is 0.621. The molecule has 2 amide bonds. The Balaban J connectivity index is 1.34. The summed E-state index contributed by atoms with van der Waals surface area (Å²) in [6, 6.07) is 16.0. The number of nitrogens with one attached hydrogen (secondary N) is 2. The molecule has 0 radical (unpaired) electrons. The van der Waals surface area contributed by atoms with E-state index in [0.29, 0.717) is 13.1 Å². The van der Waals surface area contributed by atoms with Crippen molar-refractivity contribution in [1.82, 2.24) is 20.2 Å². The molecule has 3 N–H and O–H groups in total. The fraction of sp³-hybridized carbons (Fsp3) is 0.318. The summed E-state index contributed by atoms with van der Waals surface area (Å²) in [7, 11) is 0. The second-order valence-corrected chi connectivity index (χ2v) is 7.43. The number of carbonyl (C=O) groups is 2. The lowest BCUT2D eigenvalue weighted by Gasteiger charge is -2.32. The molecule has 7 heteroatoms. The maximum Gasteiger partial charge on any atom is 0.326 e. The minimum Gasteiger partial charge on any atom is -0.480 e. The first-order valence-electron chi connectivity index (χ1n) is 9.87. The zero-order valence-corrected chi connectivity index (χ0v) is 16.0. The number of rotatable bonds is 5. The van der Waals surface area contributed by atoms with Gasteiger partial charge in [0.1, 0.15) is 11.9 Å². The maximum absolute atomic E-state index is 12.6. The number of aromatic nitrogens is 2. The molecule has 150 valence electrons. The second-order valence-electron chi connectivity index (χ2n) is 7.43. The van der Waals surface area contributed by atoms with Crippen LogP contribution in [0.2, 0.25) is 0 Å². The number of hydrogen-bond acceptors (Lipinski definition) is 3. The average molecular weight is 392 g/mol. The van der Waals surface area contributed by atoms with Crippen molar-refractivity contribution < 1.29 is 14.7 Å². The van der Waals surface area contributed by atoms with E-state index in [1.165, 1.54) is 0 Å². The molecule has 4 rings (SSSR count). The highest BCUT2D eigenvalue weighted by Gasteiger charge is 2.28. The molecule has 1 aromatic heterocycles. The monoisotopic (exact) mass is 392 g/mol. The van der Waals surface area contributed by atoms with Gasteiger partial charge in [0.2, 0.25) is 0 Å². The molecule has 29 heavy (non-hydrogen) atoms. The number of hydrogen-bond donors (Lipinski definition) is 3. The predicted octanol–water partition coefficient (Wildman–Crippen LogP) is 3.15. The first-order chi connectivity index (χ1) is 14.1. The number of urea groups is 1. The molecular weight excluding hydrogens is 368 g/mol. The molecule has 0 aliphatic carbocycles. The van der Waals surface area contributed by atoms with Crippen LogP contribution in [-0.2, 0) is 11.2 Å². The van der Waals surface area contributed by atoms with Gasteiger partial charge in [-0.3, -0.25) is 0 Å². The van der Waals surface area contributed by atoms with Crippen molar-refractivity contribution in [2.24, 2.45) is 0 Å². The largest absolute Gasteiger partial charge is 0.480 e. The molecule has 1 atom stereocenters. The van der Waals surface area contributed by atoms with Crippen LogP contribution < -0.4 is 5.32 Å². The van der Waals surface area contributed by atoms with Gasteiger partial charge in [-0.05, 0) is 30.5 Å². The highest BCUT2D eigenvalue weighted by atomic mass is 16.4. The van der Waals surface area contributed by atoms with Crippen LogP contribution in [0.1, 0.15) is 30.1 Å². The molecule has 1 aliphatic rings. The van der Waals surface area contributed by atoms with E-state index in [9.17, 15) is 14.7 Å². The lowest BCUT2D eigenvalue weighted by atomic mass is 9.96. The Morgan fingerprint density at radius 2 is 1.79 bits per heavy atom. The Kier molecular flexibility index (Phi) is 5.46. The van der Waals surface area contributed by atoms with Gasteiger partial charge in [-0.1, -0.05) is 42.5 Å². The summed E-state index contributed by atoms with van der Waals surface area (Å²) in [4.78, 5) is 34.0. The molecule has 1 saturated heterocycles. The minimum absolute atomic E-state index is 0.261. The van der Waals surface area contributed by atoms with Crippen LogP contribution in [0.5, 0.6) is 0 Å². The first-order valence-corrected chi connectivity index (χ1v) is 9.87. The van der Waals surface area contributed by atoms with Crippen LogP contribution in [0.4, 0.5) is 4.79 Å². The first kappa shape index (κ1) is 19.0. The lowest BCUT2D eigenvalue weighted by Crippen LogP contribution is -2.50. The number of para-hydroxylation sites is 2. The van der Waals surface area contributed by atoms with Crippen LogP contribution >= 0.6 is 0 Å². The number of aliphatic carboxylic acids is 1. The molecule has 0 bridgehead atoms. The fourth-order valence-corrected chi connectivity index (χ4v) is 3.81. The number of aromatic amines is 1. The van der Waals surface area contributed by atoms with Crippen LogP contribution in [0.3, 0.4) is 0 Å². The third-order valence-electron chi connectivity index (χ3n) is 5.46. The predicted molar refractivity (Wildman–Crippen MR) is 110 cm³/mol. The zero-order valence-electron chi connectivity index (χ0n) is 16.0. The van der Waals surface area contributed by atoms with Crippen molar-refractivity contribution >= 4 is 23.0 Å². The molecule has 0 saturated carbocycles. The highest BCUT2D eigenvalue weighted by molar-refractivity contribution is 5.83. The molecule has 7 nitrogen and oxygen atoms in total. The lowest BCUT2D eigenvalue weighted by molar-refractivity contribution is -0.139. The highest BCUT2D eigenvalue weighted by Crippen LogP contribution is 2.27. The van der Waals surface area contributed by atoms with E-state index in [1.807, 2.05) is 54.6 Å². The van der Waals surface area contributed by atoms with E-state index in [2.05, 4.69) is 15.3 Å². The number of carboxylic acid groups (broad SMARTS) is 1. The summed E-state index contributed by atoms with van der Waals surface area (Å²) in [6.45, 7) is 1.15. The van der Waals surface area contributed by atoms with E-state index in [0.717, 1.165) is 35.3 Å². The SMILES string of the molecule is O=C(O)[C@@H](Cc1ccccc1)NC(=O)N1CCC(c2nc3ccccc3[nH]2)CC1. The summed E-state index contributed by atoms with van der Waals surface area (Å²) < 4.78 is 0. The van der Waals surface area contributed by atoms with Crippen LogP contribution in [0, 0.1) is 0 Å². The molecule has 0 unspecified atom stereocenters. The molecule has 2 aromatic carbocycles. The normalized spacial score (nSPS) is 15.9. The van der Waals surface area contributed by atoms with Gasteiger partial charge >= 0.3 is 12.0 Å². The molecule has 2 heterocycles. The van der Waals surface area contributed by atoms with E-state index >= 15 is 0 Å². The van der Waals surface area contributed by atoms with Gasteiger partial charge in [0.15, 0.2) is 0 Å². The van der Waals surface area contributed by atoms with Crippen LogP contribution in [-0.4, -0.2) is 51.1 Å². The number of nitrogens with zero attached hydrogens (tertiary/aromatic N) is 2. The van der Waals surface area contributed by atoms with Crippen molar-refractivity contribution in [3.05, 3.63) is 66.0 Å². The number of benzene rings is 2. The van der Waals surface area contributed by atoms with Gasteiger partial charge < -0.3 is 20.3 Å². The third-order valence-corrected chi connectivity index (χ3v) is 5.46. The van der Waals surface area contributed by atoms with Gasteiger partial charge in [-0.25, -0.2) is 14.6 Å². The van der Waals surface area contributed by atoms with Crippen molar-refractivity contribution in [1.29, 1.82) is 0 Å². The fourth-order valence-electron chi connectivity index (χ4n) is 3.81. The van der Waals surface area contributed by atoms with E-state index in [4.69, 9.17) is 0 Å². The number of H-pyrrole nitrogens is 1. The number of carbonyl (C=O) groups excluding carboxylic acids is 1. The second kappa shape index (κ2) is 8.34. The summed E-state index contributed by atoms with van der Waals surface area (Å²) in [5.74, 6) is 0.198. The molecule has 1 fully saturated rings.